The van der Waals surface area contributed by atoms with Crippen LogP contribution in [0.15, 0.2) is 53.3 Å². The molecule has 1 amide bonds. The molecule has 0 aliphatic carbocycles. The van der Waals surface area contributed by atoms with Crippen molar-refractivity contribution >= 4 is 5.91 Å². The van der Waals surface area contributed by atoms with Gasteiger partial charge in [0.2, 0.25) is 11.7 Å². The highest BCUT2D eigenvalue weighted by Gasteiger charge is 2.35. The summed E-state index contributed by atoms with van der Waals surface area (Å²) in [6.07, 6.45) is 3.37. The number of amides is 1. The van der Waals surface area contributed by atoms with Gasteiger partial charge in [0.25, 0.3) is 5.91 Å². The van der Waals surface area contributed by atoms with E-state index in [-0.39, 0.29) is 18.4 Å². The number of carbonyl (C=O) groups is 1. The van der Waals surface area contributed by atoms with Crippen LogP contribution in [0.5, 0.6) is 5.75 Å². The Kier molecular flexibility index (Phi) is 4.35. The fraction of sp³-hybridized carbons (Fsp3) is 0.263. The molecule has 1 aliphatic heterocycles. The molecule has 3 aromatic rings. The van der Waals surface area contributed by atoms with Gasteiger partial charge in [-0.1, -0.05) is 22.9 Å². The zero-order valence-electron chi connectivity index (χ0n) is 14.3. The third-order valence-electron chi connectivity index (χ3n) is 4.35. The summed E-state index contributed by atoms with van der Waals surface area (Å²) in [4.78, 5) is 22.3. The van der Waals surface area contributed by atoms with Crippen LogP contribution in [0.25, 0.3) is 11.4 Å². The number of carbonyl (C=O) groups excluding carboxylic acids is 1. The third kappa shape index (κ3) is 3.42. The van der Waals surface area contributed by atoms with Crippen LogP contribution in [0, 0.1) is 6.92 Å². The van der Waals surface area contributed by atoms with Crippen molar-refractivity contribution < 1.29 is 14.1 Å². The first-order valence-electron chi connectivity index (χ1n) is 8.40. The van der Waals surface area contributed by atoms with E-state index in [4.69, 9.17) is 9.26 Å². The van der Waals surface area contributed by atoms with Gasteiger partial charge in [0.1, 0.15) is 5.75 Å². The molecule has 0 unspecified atom stereocenters. The second-order valence-electron chi connectivity index (χ2n) is 6.29. The van der Waals surface area contributed by atoms with Gasteiger partial charge in [0, 0.05) is 31.0 Å². The number of ether oxygens (including phenoxy) is 1. The Morgan fingerprint density at radius 3 is 2.65 bits per heavy atom. The Hall–Kier alpha value is -3.22. The zero-order valence-corrected chi connectivity index (χ0v) is 14.3. The molecule has 1 fully saturated rings. The van der Waals surface area contributed by atoms with E-state index >= 15 is 0 Å². The molecule has 4 rings (SSSR count). The quantitative estimate of drug-likeness (QED) is 0.703. The molecule has 0 spiro atoms. The highest BCUT2D eigenvalue weighted by Crippen LogP contribution is 2.27. The van der Waals surface area contributed by atoms with Crippen molar-refractivity contribution in [2.75, 3.05) is 19.7 Å². The molecular weight excluding hydrogens is 332 g/mol. The number of hydrogen-bond acceptors (Lipinski definition) is 6. The molecule has 0 N–H and O–H groups in total. The number of benzene rings is 1. The fourth-order valence-electron chi connectivity index (χ4n) is 2.73. The average Bonchev–Trinajstić information content (AvgIpc) is 3.10. The first-order valence-corrected chi connectivity index (χ1v) is 8.40. The summed E-state index contributed by atoms with van der Waals surface area (Å²) in [5.41, 5.74) is 2.01. The van der Waals surface area contributed by atoms with Gasteiger partial charge in [-0.05, 0) is 31.2 Å². The normalized spacial score (nSPS) is 14.1. The third-order valence-corrected chi connectivity index (χ3v) is 4.35. The summed E-state index contributed by atoms with van der Waals surface area (Å²) < 4.78 is 10.9. The molecule has 1 saturated heterocycles. The Bertz CT molecular complexity index is 887. The molecule has 2 aromatic heterocycles. The number of aromatic nitrogens is 3. The average molecular weight is 350 g/mol. The van der Waals surface area contributed by atoms with Crippen LogP contribution in [-0.2, 0) is 4.79 Å². The predicted octanol–water partition coefficient (Wildman–Crippen LogP) is 2.44. The Morgan fingerprint density at radius 2 is 1.92 bits per heavy atom. The summed E-state index contributed by atoms with van der Waals surface area (Å²) in [6.45, 7) is 3.16. The highest BCUT2D eigenvalue weighted by atomic mass is 16.5. The lowest BCUT2D eigenvalue weighted by Crippen LogP contribution is -2.50. The summed E-state index contributed by atoms with van der Waals surface area (Å²) in [7, 11) is 0. The van der Waals surface area contributed by atoms with Crippen LogP contribution in [0.3, 0.4) is 0 Å². The molecule has 1 aliphatic rings. The van der Waals surface area contributed by atoms with E-state index in [0.29, 0.717) is 30.6 Å². The van der Waals surface area contributed by atoms with E-state index in [1.54, 1.807) is 17.3 Å². The second-order valence-corrected chi connectivity index (χ2v) is 6.29. The van der Waals surface area contributed by atoms with Gasteiger partial charge in [-0.25, -0.2) is 0 Å². The number of rotatable bonds is 5. The van der Waals surface area contributed by atoms with E-state index in [0.717, 1.165) is 11.1 Å². The summed E-state index contributed by atoms with van der Waals surface area (Å²) in [5.74, 6) is 1.81. The Balaban J connectivity index is 1.29. The lowest BCUT2D eigenvalue weighted by Gasteiger charge is -2.36. The minimum atomic E-state index is -0.0457. The SMILES string of the molecule is Cc1ccc(OCC(=O)N2CC(c3nc(-c4ccncc4)no3)C2)cc1. The van der Waals surface area contributed by atoms with Crippen LogP contribution in [0.2, 0.25) is 0 Å². The number of aryl methyl sites for hydroxylation is 1. The van der Waals surface area contributed by atoms with Crippen molar-refractivity contribution in [3.63, 3.8) is 0 Å². The number of hydrogen-bond donors (Lipinski definition) is 0. The van der Waals surface area contributed by atoms with Crippen molar-refractivity contribution in [3.8, 4) is 17.1 Å². The summed E-state index contributed by atoms with van der Waals surface area (Å²) in [6, 6.07) is 11.3. The van der Waals surface area contributed by atoms with Gasteiger partial charge >= 0.3 is 0 Å². The van der Waals surface area contributed by atoms with Crippen LogP contribution in [0.4, 0.5) is 0 Å². The molecule has 132 valence electrons. The molecular formula is C19H18N4O3. The minimum absolute atomic E-state index is 0.0296. The first-order chi connectivity index (χ1) is 12.7. The van der Waals surface area contributed by atoms with Crippen LogP contribution in [-0.4, -0.2) is 45.6 Å². The van der Waals surface area contributed by atoms with Crippen molar-refractivity contribution in [3.05, 3.63) is 60.2 Å². The zero-order chi connectivity index (χ0) is 17.9. The molecule has 1 aromatic carbocycles. The number of pyridine rings is 1. The molecule has 3 heterocycles. The molecule has 0 atom stereocenters. The van der Waals surface area contributed by atoms with E-state index in [2.05, 4.69) is 15.1 Å². The first kappa shape index (κ1) is 16.3. The van der Waals surface area contributed by atoms with Crippen LogP contribution in [0.1, 0.15) is 17.4 Å². The summed E-state index contributed by atoms with van der Waals surface area (Å²) in [5, 5.41) is 4.00. The van der Waals surface area contributed by atoms with Gasteiger partial charge in [0.15, 0.2) is 6.61 Å². The van der Waals surface area contributed by atoms with Crippen molar-refractivity contribution in [1.82, 2.24) is 20.0 Å². The lowest BCUT2D eigenvalue weighted by molar-refractivity contribution is -0.138. The monoisotopic (exact) mass is 350 g/mol. The standard InChI is InChI=1S/C19H18N4O3/c1-13-2-4-16(5-3-13)25-12-17(24)23-10-15(11-23)19-21-18(22-26-19)14-6-8-20-9-7-14/h2-9,15H,10-12H2,1H3. The van der Waals surface area contributed by atoms with Crippen LogP contribution >= 0.6 is 0 Å². The largest absolute Gasteiger partial charge is 0.484 e. The lowest BCUT2D eigenvalue weighted by atomic mass is 10.0. The number of likely N-dealkylation sites (tertiary alicyclic amines) is 1. The van der Waals surface area contributed by atoms with Gasteiger partial charge in [-0.15, -0.1) is 0 Å². The van der Waals surface area contributed by atoms with Gasteiger partial charge in [0.05, 0.1) is 5.92 Å². The van der Waals surface area contributed by atoms with E-state index in [1.807, 2.05) is 43.3 Å². The van der Waals surface area contributed by atoms with Crippen molar-refractivity contribution in [1.29, 1.82) is 0 Å². The molecule has 0 saturated carbocycles. The molecule has 7 nitrogen and oxygen atoms in total. The fourth-order valence-corrected chi connectivity index (χ4v) is 2.73. The maximum absolute atomic E-state index is 12.2. The minimum Gasteiger partial charge on any atom is -0.484 e. The van der Waals surface area contributed by atoms with Crippen molar-refractivity contribution in [2.45, 2.75) is 12.8 Å². The Labute approximate surface area is 150 Å². The molecule has 26 heavy (non-hydrogen) atoms. The van der Waals surface area contributed by atoms with E-state index < -0.39 is 0 Å². The van der Waals surface area contributed by atoms with E-state index in [1.165, 1.54) is 0 Å². The smallest absolute Gasteiger partial charge is 0.260 e. The molecule has 0 bridgehead atoms. The maximum Gasteiger partial charge on any atom is 0.260 e. The van der Waals surface area contributed by atoms with Gasteiger partial charge in [-0.2, -0.15) is 4.98 Å². The highest BCUT2D eigenvalue weighted by molar-refractivity contribution is 5.78. The number of nitrogens with zero attached hydrogens (tertiary/aromatic N) is 4. The second kappa shape index (κ2) is 6.95. The van der Waals surface area contributed by atoms with Crippen molar-refractivity contribution in [2.24, 2.45) is 0 Å². The maximum atomic E-state index is 12.2. The summed E-state index contributed by atoms with van der Waals surface area (Å²) >= 11 is 0. The van der Waals surface area contributed by atoms with Gasteiger partial charge in [-0.3, -0.25) is 9.78 Å². The predicted molar refractivity (Wildman–Crippen MR) is 93.5 cm³/mol. The Morgan fingerprint density at radius 1 is 1.19 bits per heavy atom. The van der Waals surface area contributed by atoms with Gasteiger partial charge < -0.3 is 14.2 Å². The van der Waals surface area contributed by atoms with E-state index in [9.17, 15) is 4.79 Å². The molecule has 7 heteroatoms. The van der Waals surface area contributed by atoms with Crippen LogP contribution < -0.4 is 4.74 Å². The molecule has 0 radical (unpaired) electrons. The topological polar surface area (TPSA) is 81.4 Å².